The maximum Gasteiger partial charge on any atom is 0.404 e. The van der Waals surface area contributed by atoms with Crippen molar-refractivity contribution >= 4 is 17.1 Å². The van der Waals surface area contributed by atoms with Crippen molar-refractivity contribution in [3.05, 3.63) is 0 Å². The average molecular weight is 141 g/mol. The van der Waals surface area contributed by atoms with Gasteiger partial charge in [0.25, 0.3) is 0 Å². The first kappa shape index (κ1) is 15.7. The number of ether oxygens (including phenoxy) is 1. The van der Waals surface area contributed by atoms with Crippen LogP contribution in [0.2, 0.25) is 0 Å². The normalized spacial score (nSPS) is 5.62. The molecule has 5 heteroatoms. The molecule has 0 aliphatic carbocycles. The number of rotatable bonds is 1. The van der Waals surface area contributed by atoms with E-state index >= 15 is 0 Å². The van der Waals surface area contributed by atoms with Gasteiger partial charge >= 0.3 is 6.09 Å². The molecule has 1 amide bonds. The molecule has 3 nitrogen and oxygen atoms in total. The monoisotopic (exact) mass is 141 g/mol. The molecular formula is C3H12FNO2Si. The first-order valence-corrected chi connectivity index (χ1v) is 1.69. The van der Waals surface area contributed by atoms with E-state index in [0.717, 1.165) is 0 Å². The Balaban J connectivity index is -0.000000125. The Bertz CT molecular complexity index is 61.2. The third-order valence-electron chi connectivity index (χ3n) is 0.287. The number of carbonyl (C=O) groups excluding carboxylic acids is 1. The highest BCUT2D eigenvalue weighted by molar-refractivity contribution is 5.75. The Hall–Kier alpha value is -0.583. The van der Waals surface area contributed by atoms with Crippen LogP contribution in [0.15, 0.2) is 0 Å². The second-order valence-electron chi connectivity index (χ2n) is 0.752. The third kappa shape index (κ3) is 18.1. The minimum atomic E-state index is -0.711. The third-order valence-corrected chi connectivity index (χ3v) is 0.287. The molecule has 0 bridgehead atoms. The Kier molecular flexibility index (Phi) is 18.9. The van der Waals surface area contributed by atoms with Crippen LogP contribution >= 0.6 is 0 Å². The van der Waals surface area contributed by atoms with E-state index in [1.165, 1.54) is 0 Å². The van der Waals surface area contributed by atoms with Crippen LogP contribution in [0.25, 0.3) is 0 Å². The van der Waals surface area contributed by atoms with Crippen LogP contribution in [0.1, 0.15) is 6.92 Å². The second kappa shape index (κ2) is 9.65. The fraction of sp³-hybridized carbons (Fsp3) is 0.667. The van der Waals surface area contributed by atoms with E-state index < -0.39 is 6.09 Å². The van der Waals surface area contributed by atoms with E-state index in [-0.39, 0.29) is 15.7 Å². The number of halogens is 1. The van der Waals surface area contributed by atoms with E-state index in [4.69, 9.17) is 0 Å². The fourth-order valence-electron chi connectivity index (χ4n) is 0.142. The van der Waals surface area contributed by atoms with Gasteiger partial charge in [-0.1, -0.05) is 0 Å². The minimum Gasteiger partial charge on any atom is -0.450 e. The van der Waals surface area contributed by atoms with Crippen LogP contribution in [0.3, 0.4) is 0 Å². The van der Waals surface area contributed by atoms with Crippen molar-refractivity contribution in [3.8, 4) is 0 Å². The largest absolute Gasteiger partial charge is 0.450 e. The van der Waals surface area contributed by atoms with Crippen LogP contribution in [-0.2, 0) is 4.74 Å². The van der Waals surface area contributed by atoms with Crippen LogP contribution in [0, 0.1) is 0 Å². The molecular weight excluding hydrogens is 129 g/mol. The zero-order valence-electron chi connectivity index (χ0n) is 4.01. The molecule has 52 valence electrons. The molecule has 0 aromatic heterocycles. The molecule has 0 fully saturated rings. The van der Waals surface area contributed by atoms with Gasteiger partial charge in [-0.3, -0.25) is 4.70 Å². The molecule has 0 aliphatic heterocycles. The van der Waals surface area contributed by atoms with Crippen molar-refractivity contribution in [2.24, 2.45) is 5.73 Å². The second-order valence-corrected chi connectivity index (χ2v) is 0.752. The van der Waals surface area contributed by atoms with Gasteiger partial charge in [-0.2, -0.15) is 0 Å². The maximum absolute atomic E-state index is 9.60. The van der Waals surface area contributed by atoms with Crippen molar-refractivity contribution in [2.75, 3.05) is 6.61 Å². The summed E-state index contributed by atoms with van der Waals surface area (Å²) in [6.45, 7) is 2.06. The summed E-state index contributed by atoms with van der Waals surface area (Å²) in [5, 5.41) is 0. The number of primary amides is 1. The Morgan fingerprint density at radius 1 is 1.75 bits per heavy atom. The first-order valence-electron chi connectivity index (χ1n) is 1.69. The molecule has 0 spiro atoms. The lowest BCUT2D eigenvalue weighted by molar-refractivity contribution is 0.163. The molecule has 0 unspecified atom stereocenters. The predicted molar refractivity (Wildman–Crippen MR) is 35.0 cm³/mol. The smallest absolute Gasteiger partial charge is 0.404 e. The molecule has 0 aromatic carbocycles. The fourth-order valence-corrected chi connectivity index (χ4v) is 0.142. The quantitative estimate of drug-likeness (QED) is 0.466. The summed E-state index contributed by atoms with van der Waals surface area (Å²) < 4.78 is 4.18. The van der Waals surface area contributed by atoms with E-state index in [1.807, 2.05) is 0 Å². The summed E-state index contributed by atoms with van der Waals surface area (Å²) in [5.74, 6) is 0. The predicted octanol–water partition coefficient (Wildman–Crippen LogP) is -1.20. The van der Waals surface area contributed by atoms with Gasteiger partial charge in [0.2, 0.25) is 0 Å². The minimum absolute atomic E-state index is 0. The van der Waals surface area contributed by atoms with Crippen LogP contribution < -0.4 is 5.73 Å². The number of carbonyl (C=O) groups is 1. The van der Waals surface area contributed by atoms with E-state index in [9.17, 15) is 4.79 Å². The van der Waals surface area contributed by atoms with Gasteiger partial charge in [0.1, 0.15) is 0 Å². The highest BCUT2D eigenvalue weighted by Crippen LogP contribution is 1.66. The first-order chi connectivity index (χ1) is 2.77. The van der Waals surface area contributed by atoms with Gasteiger partial charge in [0.05, 0.1) is 6.61 Å². The van der Waals surface area contributed by atoms with Crippen LogP contribution in [0.4, 0.5) is 9.50 Å². The maximum atomic E-state index is 9.60. The number of nitrogens with two attached hydrogens (primary N) is 1. The Morgan fingerprint density at radius 3 is 2.12 bits per heavy atom. The van der Waals surface area contributed by atoms with Crippen molar-refractivity contribution in [3.63, 3.8) is 0 Å². The summed E-state index contributed by atoms with van der Waals surface area (Å²) in [5.41, 5.74) is 4.54. The van der Waals surface area contributed by atoms with Gasteiger partial charge in [-0.05, 0) is 17.9 Å². The van der Waals surface area contributed by atoms with Crippen molar-refractivity contribution in [2.45, 2.75) is 6.92 Å². The topological polar surface area (TPSA) is 52.3 Å². The van der Waals surface area contributed by atoms with Crippen molar-refractivity contribution in [1.82, 2.24) is 0 Å². The zero-order valence-corrected chi connectivity index (χ0v) is 4.01. The van der Waals surface area contributed by atoms with Gasteiger partial charge < -0.3 is 10.5 Å². The van der Waals surface area contributed by atoms with Crippen LogP contribution in [-0.4, -0.2) is 23.7 Å². The highest BCUT2D eigenvalue weighted by Gasteiger charge is 1.82. The molecule has 0 aromatic rings. The lowest BCUT2D eigenvalue weighted by Gasteiger charge is -1.89. The molecule has 0 saturated heterocycles. The van der Waals surface area contributed by atoms with Crippen molar-refractivity contribution < 1.29 is 14.2 Å². The SMILES string of the molecule is CCOC(N)=O.F.[SiH4]. The molecule has 0 aliphatic rings. The molecule has 0 rings (SSSR count). The van der Waals surface area contributed by atoms with E-state index in [0.29, 0.717) is 6.61 Å². The van der Waals surface area contributed by atoms with Gasteiger partial charge in [0, 0.05) is 0 Å². The van der Waals surface area contributed by atoms with Gasteiger partial charge in [-0.15, -0.1) is 0 Å². The Labute approximate surface area is 51.6 Å². The molecule has 0 atom stereocenters. The van der Waals surface area contributed by atoms with Gasteiger partial charge in [-0.25, -0.2) is 4.79 Å². The van der Waals surface area contributed by atoms with E-state index in [2.05, 4.69) is 10.5 Å². The summed E-state index contributed by atoms with van der Waals surface area (Å²) in [6, 6.07) is 0. The van der Waals surface area contributed by atoms with Crippen molar-refractivity contribution in [1.29, 1.82) is 0 Å². The average Bonchev–Trinajstić information content (AvgIpc) is 1.35. The summed E-state index contributed by atoms with van der Waals surface area (Å²) in [7, 11) is 0. The van der Waals surface area contributed by atoms with Gasteiger partial charge in [0.15, 0.2) is 0 Å². The lowest BCUT2D eigenvalue weighted by Crippen LogP contribution is -2.11. The standard InChI is InChI=1S/C3H7NO2.FH.H4Si/c1-2-6-3(4)5;;/h2H2,1H3,(H2,4,5);1H;1H4. The molecule has 0 heterocycles. The molecule has 8 heavy (non-hydrogen) atoms. The van der Waals surface area contributed by atoms with E-state index in [1.54, 1.807) is 6.92 Å². The number of hydrogen-bond acceptors (Lipinski definition) is 2. The molecule has 2 N–H and O–H groups in total. The summed E-state index contributed by atoms with van der Waals surface area (Å²) in [6.07, 6.45) is -0.711. The molecule has 0 radical (unpaired) electrons. The molecule has 0 saturated carbocycles. The Morgan fingerprint density at radius 2 is 2.12 bits per heavy atom. The summed E-state index contributed by atoms with van der Waals surface area (Å²) in [4.78, 5) is 9.60. The summed E-state index contributed by atoms with van der Waals surface area (Å²) >= 11 is 0. The zero-order chi connectivity index (χ0) is 4.99. The number of hydrogen-bond donors (Lipinski definition) is 1. The van der Waals surface area contributed by atoms with Crippen LogP contribution in [0.5, 0.6) is 0 Å². The highest BCUT2D eigenvalue weighted by atomic mass is 28.1. The lowest BCUT2D eigenvalue weighted by atomic mass is 10.9. The number of amides is 1.